The number of hydrogen-bond acceptors (Lipinski definition) is 3. The Morgan fingerprint density at radius 2 is 1.92 bits per heavy atom. The van der Waals surface area contributed by atoms with Crippen LogP contribution in [0.1, 0.15) is 12.8 Å². The zero-order chi connectivity index (χ0) is 9.26. The van der Waals surface area contributed by atoms with E-state index in [0.717, 1.165) is 12.8 Å². The van der Waals surface area contributed by atoms with Gasteiger partial charge >= 0.3 is 7.12 Å². The molecule has 0 atom stereocenters. The second-order valence-electron chi connectivity index (χ2n) is 3.23. The largest absolute Gasteiger partial charge is 0.492 e. The lowest BCUT2D eigenvalue weighted by Crippen LogP contribution is -2.31. The third-order valence-corrected chi connectivity index (χ3v) is 2.02. The summed E-state index contributed by atoms with van der Waals surface area (Å²) in [7, 11) is -1.45. The molecule has 1 aliphatic rings. The summed E-state index contributed by atoms with van der Waals surface area (Å²) < 4.78 is 5.50. The highest BCUT2D eigenvalue weighted by Gasteiger charge is 2.26. The quantitative estimate of drug-likeness (QED) is 0.635. The first-order valence-electron chi connectivity index (χ1n) is 4.39. The summed E-state index contributed by atoms with van der Waals surface area (Å²) >= 11 is 0. The molecule has 0 saturated heterocycles. The molecule has 0 bridgehead atoms. The summed E-state index contributed by atoms with van der Waals surface area (Å²) in [5.74, 6) is 0.583. The van der Waals surface area contributed by atoms with Gasteiger partial charge < -0.3 is 14.8 Å². The van der Waals surface area contributed by atoms with Crippen LogP contribution in [0.5, 0.6) is 5.75 Å². The van der Waals surface area contributed by atoms with Gasteiger partial charge in [0.1, 0.15) is 5.75 Å². The van der Waals surface area contributed by atoms with Gasteiger partial charge in [0.2, 0.25) is 0 Å². The highest BCUT2D eigenvalue weighted by molar-refractivity contribution is 6.59. The summed E-state index contributed by atoms with van der Waals surface area (Å²) in [6.07, 6.45) is 2.41. The molecule has 1 aromatic rings. The number of benzene rings is 1. The fraction of sp³-hybridized carbons (Fsp3) is 0.333. The molecule has 0 radical (unpaired) electrons. The first-order chi connectivity index (χ1) is 6.27. The van der Waals surface area contributed by atoms with Crippen LogP contribution in [0.3, 0.4) is 0 Å². The summed E-state index contributed by atoms with van der Waals surface area (Å²) in [5, 5.41) is 18.0. The maximum absolute atomic E-state index is 9.01. The van der Waals surface area contributed by atoms with Crippen molar-refractivity contribution >= 4 is 12.6 Å². The van der Waals surface area contributed by atoms with Gasteiger partial charge in [-0.2, -0.15) is 0 Å². The third kappa shape index (κ3) is 2.02. The molecular weight excluding hydrogens is 167 g/mol. The fourth-order valence-corrected chi connectivity index (χ4v) is 1.17. The van der Waals surface area contributed by atoms with E-state index in [1.807, 2.05) is 6.07 Å². The van der Waals surface area contributed by atoms with Gasteiger partial charge in [-0.25, -0.2) is 0 Å². The minimum atomic E-state index is -1.45. The highest BCUT2D eigenvalue weighted by atomic mass is 16.5. The summed E-state index contributed by atoms with van der Waals surface area (Å²) in [6.45, 7) is 0. The Hall–Kier alpha value is -0.995. The standard InChI is InChI=1S/C9H11BO3/c11-10(12)8-3-1-2-4-9(8)13-7-5-6-7/h1-4,7,11-12H,5-6H2. The molecule has 1 fully saturated rings. The van der Waals surface area contributed by atoms with E-state index in [4.69, 9.17) is 14.8 Å². The normalized spacial score (nSPS) is 15.5. The summed E-state index contributed by atoms with van der Waals surface area (Å²) in [5.41, 5.74) is 0.439. The molecule has 0 amide bonds. The van der Waals surface area contributed by atoms with Crippen molar-refractivity contribution in [2.75, 3.05) is 0 Å². The Bertz CT molecular complexity index is 297. The molecule has 1 aliphatic carbocycles. The van der Waals surface area contributed by atoms with Crippen molar-refractivity contribution in [3.05, 3.63) is 24.3 Å². The predicted molar refractivity (Wildman–Crippen MR) is 49.9 cm³/mol. The van der Waals surface area contributed by atoms with Crippen molar-refractivity contribution in [3.8, 4) is 5.75 Å². The van der Waals surface area contributed by atoms with E-state index in [1.165, 1.54) is 0 Å². The molecule has 68 valence electrons. The van der Waals surface area contributed by atoms with Gasteiger partial charge in [0.05, 0.1) is 6.10 Å². The Morgan fingerprint density at radius 1 is 1.23 bits per heavy atom. The number of rotatable bonds is 3. The zero-order valence-corrected chi connectivity index (χ0v) is 7.18. The maximum Gasteiger partial charge on any atom is 0.492 e. The van der Waals surface area contributed by atoms with Gasteiger partial charge in [-0.15, -0.1) is 0 Å². The van der Waals surface area contributed by atoms with Crippen LogP contribution in [0.15, 0.2) is 24.3 Å². The first kappa shape index (κ1) is 8.60. The van der Waals surface area contributed by atoms with Gasteiger partial charge in [-0.05, 0) is 18.9 Å². The van der Waals surface area contributed by atoms with Gasteiger partial charge in [0.15, 0.2) is 0 Å². The summed E-state index contributed by atoms with van der Waals surface area (Å²) in [4.78, 5) is 0. The number of hydrogen-bond donors (Lipinski definition) is 2. The van der Waals surface area contributed by atoms with Crippen LogP contribution in [0.2, 0.25) is 0 Å². The van der Waals surface area contributed by atoms with E-state index < -0.39 is 7.12 Å². The van der Waals surface area contributed by atoms with Crippen LogP contribution in [0.4, 0.5) is 0 Å². The lowest BCUT2D eigenvalue weighted by Gasteiger charge is -2.09. The smallest absolute Gasteiger partial charge is 0.491 e. The molecule has 1 aromatic carbocycles. The summed E-state index contributed by atoms with van der Waals surface area (Å²) in [6, 6.07) is 6.99. The Balaban J connectivity index is 2.20. The van der Waals surface area contributed by atoms with Gasteiger partial charge in [0, 0.05) is 5.46 Å². The molecule has 2 rings (SSSR count). The minimum Gasteiger partial charge on any atom is -0.491 e. The Labute approximate surface area is 77.1 Å². The van der Waals surface area contributed by atoms with Crippen molar-refractivity contribution in [2.24, 2.45) is 0 Å². The van der Waals surface area contributed by atoms with E-state index >= 15 is 0 Å². The van der Waals surface area contributed by atoms with Crippen LogP contribution in [0.25, 0.3) is 0 Å². The van der Waals surface area contributed by atoms with Crippen molar-refractivity contribution in [1.82, 2.24) is 0 Å². The molecule has 2 N–H and O–H groups in total. The maximum atomic E-state index is 9.01. The highest BCUT2D eigenvalue weighted by Crippen LogP contribution is 2.25. The average Bonchev–Trinajstić information content (AvgIpc) is 2.89. The molecular formula is C9H11BO3. The first-order valence-corrected chi connectivity index (χ1v) is 4.39. The van der Waals surface area contributed by atoms with Crippen molar-refractivity contribution in [2.45, 2.75) is 18.9 Å². The average molecular weight is 178 g/mol. The van der Waals surface area contributed by atoms with Crippen LogP contribution in [-0.2, 0) is 0 Å². The van der Waals surface area contributed by atoms with Crippen LogP contribution < -0.4 is 10.2 Å². The fourth-order valence-electron chi connectivity index (χ4n) is 1.17. The van der Waals surface area contributed by atoms with E-state index in [1.54, 1.807) is 18.2 Å². The van der Waals surface area contributed by atoms with Crippen molar-refractivity contribution < 1.29 is 14.8 Å². The molecule has 4 heteroatoms. The predicted octanol–water partition coefficient (Wildman–Crippen LogP) is -0.0924. The molecule has 0 aliphatic heterocycles. The van der Waals surface area contributed by atoms with Crippen molar-refractivity contribution in [1.29, 1.82) is 0 Å². The van der Waals surface area contributed by atoms with Gasteiger partial charge in [0.25, 0.3) is 0 Å². The molecule has 0 spiro atoms. The van der Waals surface area contributed by atoms with Crippen molar-refractivity contribution in [3.63, 3.8) is 0 Å². The second kappa shape index (κ2) is 3.40. The van der Waals surface area contributed by atoms with E-state index in [0.29, 0.717) is 11.2 Å². The minimum absolute atomic E-state index is 0.278. The molecule has 0 heterocycles. The van der Waals surface area contributed by atoms with E-state index in [-0.39, 0.29) is 6.10 Å². The second-order valence-corrected chi connectivity index (χ2v) is 3.23. The SMILES string of the molecule is OB(O)c1ccccc1OC1CC1. The van der Waals surface area contributed by atoms with Crippen LogP contribution in [-0.4, -0.2) is 23.3 Å². The van der Waals surface area contributed by atoms with Crippen LogP contribution >= 0.6 is 0 Å². The monoisotopic (exact) mass is 178 g/mol. The third-order valence-electron chi connectivity index (χ3n) is 2.02. The van der Waals surface area contributed by atoms with E-state index in [2.05, 4.69) is 0 Å². The van der Waals surface area contributed by atoms with E-state index in [9.17, 15) is 0 Å². The molecule has 13 heavy (non-hydrogen) atoms. The molecule has 0 aromatic heterocycles. The number of ether oxygens (including phenoxy) is 1. The molecule has 1 saturated carbocycles. The topological polar surface area (TPSA) is 49.7 Å². The van der Waals surface area contributed by atoms with Gasteiger partial charge in [-0.3, -0.25) is 0 Å². The number of para-hydroxylation sites is 1. The lowest BCUT2D eigenvalue weighted by molar-refractivity contribution is 0.304. The van der Waals surface area contributed by atoms with Gasteiger partial charge in [-0.1, -0.05) is 18.2 Å². The van der Waals surface area contributed by atoms with Crippen LogP contribution in [0, 0.1) is 0 Å². The Morgan fingerprint density at radius 3 is 2.54 bits per heavy atom. The Kier molecular flexibility index (Phi) is 2.25. The zero-order valence-electron chi connectivity index (χ0n) is 7.18. The molecule has 3 nitrogen and oxygen atoms in total. The lowest BCUT2D eigenvalue weighted by atomic mass is 9.79. The molecule has 0 unspecified atom stereocenters.